The minimum absolute atomic E-state index is 0.160. The molecule has 1 aromatic heterocycles. The van der Waals surface area contributed by atoms with Crippen LogP contribution in [-0.4, -0.2) is 13.5 Å². The van der Waals surface area contributed by atoms with Gasteiger partial charge in [0.1, 0.15) is 5.76 Å². The topological polar surface area (TPSA) is 83.4 Å². The molecule has 0 spiro atoms. The molecule has 0 saturated heterocycles. The molecule has 3 N–H and O–H groups in total. The van der Waals surface area contributed by atoms with Gasteiger partial charge in [-0.25, -0.2) is 8.42 Å². The fraction of sp³-hybridized carbons (Fsp3) is 0.267. The predicted octanol–water partition coefficient (Wildman–Crippen LogP) is 2.06. The Balaban J connectivity index is 2.00. The third-order valence-corrected chi connectivity index (χ3v) is 4.97. The number of hydrogen-bond acceptors (Lipinski definition) is 4. The summed E-state index contributed by atoms with van der Waals surface area (Å²) in [7, 11) is -3.72. The first-order valence-electron chi connectivity index (χ1n) is 6.95. The number of hydrazine groups is 1. The zero-order valence-electron chi connectivity index (χ0n) is 13.1. The number of benzene rings is 1. The smallest absolute Gasteiger partial charge is 0.257 e. The van der Waals surface area contributed by atoms with Crippen molar-refractivity contribution in [1.82, 2.24) is 15.6 Å². The normalized spacial score (nSPS) is 11.3. The van der Waals surface area contributed by atoms with E-state index in [1.807, 2.05) is 19.1 Å². The SMILES string of the molecule is Cc1cc(C)c(S(=O)(=O)NNC(=S)NCc2ccco2)c(C)c1. The van der Waals surface area contributed by atoms with Crippen LogP contribution in [-0.2, 0) is 16.6 Å². The van der Waals surface area contributed by atoms with Gasteiger partial charge in [0.05, 0.1) is 17.7 Å². The summed E-state index contributed by atoms with van der Waals surface area (Å²) in [5.41, 5.74) is 4.88. The van der Waals surface area contributed by atoms with Gasteiger partial charge in [-0.15, -0.1) is 4.83 Å². The lowest BCUT2D eigenvalue weighted by Gasteiger charge is -2.15. The Morgan fingerprint density at radius 3 is 2.43 bits per heavy atom. The second-order valence-corrected chi connectivity index (χ2v) is 7.25. The van der Waals surface area contributed by atoms with Crippen LogP contribution in [0.15, 0.2) is 39.8 Å². The Kier molecular flexibility index (Phi) is 5.40. The monoisotopic (exact) mass is 353 g/mol. The summed E-state index contributed by atoms with van der Waals surface area (Å²) in [5.74, 6) is 0.697. The van der Waals surface area contributed by atoms with Gasteiger partial charge in [0.15, 0.2) is 5.11 Å². The van der Waals surface area contributed by atoms with E-state index in [4.69, 9.17) is 16.6 Å². The van der Waals surface area contributed by atoms with Crippen LogP contribution in [0.1, 0.15) is 22.5 Å². The van der Waals surface area contributed by atoms with Crippen molar-refractivity contribution in [3.63, 3.8) is 0 Å². The maximum absolute atomic E-state index is 12.4. The van der Waals surface area contributed by atoms with Crippen LogP contribution in [0.5, 0.6) is 0 Å². The first kappa shape index (κ1) is 17.5. The second kappa shape index (κ2) is 7.12. The molecule has 23 heavy (non-hydrogen) atoms. The van der Waals surface area contributed by atoms with E-state index in [0.717, 1.165) is 5.56 Å². The van der Waals surface area contributed by atoms with Crippen LogP contribution < -0.4 is 15.6 Å². The van der Waals surface area contributed by atoms with Gasteiger partial charge in [-0.1, -0.05) is 17.7 Å². The van der Waals surface area contributed by atoms with Gasteiger partial charge in [-0.3, -0.25) is 5.43 Å². The molecular weight excluding hydrogens is 334 g/mol. The van der Waals surface area contributed by atoms with Crippen molar-refractivity contribution in [2.45, 2.75) is 32.2 Å². The van der Waals surface area contributed by atoms with Crippen molar-refractivity contribution < 1.29 is 12.8 Å². The highest BCUT2D eigenvalue weighted by Crippen LogP contribution is 2.21. The van der Waals surface area contributed by atoms with E-state index >= 15 is 0 Å². The average molecular weight is 353 g/mol. The summed E-state index contributed by atoms with van der Waals surface area (Å²) >= 11 is 5.04. The zero-order valence-corrected chi connectivity index (χ0v) is 14.8. The van der Waals surface area contributed by atoms with E-state index in [9.17, 15) is 8.42 Å². The van der Waals surface area contributed by atoms with Gasteiger partial charge in [-0.05, 0) is 56.2 Å². The molecule has 1 aromatic carbocycles. The Morgan fingerprint density at radius 2 is 1.87 bits per heavy atom. The summed E-state index contributed by atoms with van der Waals surface area (Å²) in [6.45, 7) is 5.82. The molecule has 8 heteroatoms. The average Bonchev–Trinajstić information content (AvgIpc) is 2.94. The highest BCUT2D eigenvalue weighted by molar-refractivity contribution is 7.89. The Morgan fingerprint density at radius 1 is 1.22 bits per heavy atom. The van der Waals surface area contributed by atoms with Gasteiger partial charge in [-0.2, -0.15) is 0 Å². The molecular formula is C15H19N3O3S2. The van der Waals surface area contributed by atoms with E-state index < -0.39 is 10.0 Å². The molecule has 6 nitrogen and oxygen atoms in total. The fourth-order valence-electron chi connectivity index (χ4n) is 2.38. The van der Waals surface area contributed by atoms with Gasteiger partial charge >= 0.3 is 0 Å². The molecule has 0 bridgehead atoms. The van der Waals surface area contributed by atoms with Crippen LogP contribution in [0.2, 0.25) is 0 Å². The summed E-state index contributed by atoms with van der Waals surface area (Å²) in [4.78, 5) is 2.55. The Hall–Kier alpha value is -1.90. The van der Waals surface area contributed by atoms with Crippen molar-refractivity contribution in [1.29, 1.82) is 0 Å². The van der Waals surface area contributed by atoms with Crippen molar-refractivity contribution in [3.05, 3.63) is 53.0 Å². The molecule has 0 aliphatic rings. The van der Waals surface area contributed by atoms with Crippen LogP contribution in [0, 0.1) is 20.8 Å². The van der Waals surface area contributed by atoms with E-state index in [1.165, 1.54) is 0 Å². The first-order valence-corrected chi connectivity index (χ1v) is 8.84. The lowest BCUT2D eigenvalue weighted by molar-refractivity contribution is 0.502. The maximum atomic E-state index is 12.4. The molecule has 0 aliphatic carbocycles. The van der Waals surface area contributed by atoms with Gasteiger partial charge in [0.2, 0.25) is 0 Å². The lowest BCUT2D eigenvalue weighted by Crippen LogP contribution is -2.46. The van der Waals surface area contributed by atoms with Gasteiger partial charge in [0, 0.05) is 0 Å². The largest absolute Gasteiger partial charge is 0.467 e. The number of rotatable bonds is 5. The number of nitrogens with one attached hydrogen (secondary N) is 3. The molecule has 2 rings (SSSR count). The Labute approximate surface area is 141 Å². The van der Waals surface area contributed by atoms with Gasteiger partial charge in [0.25, 0.3) is 10.0 Å². The number of furan rings is 1. The van der Waals surface area contributed by atoms with Crippen LogP contribution >= 0.6 is 12.2 Å². The number of hydrogen-bond donors (Lipinski definition) is 3. The minimum atomic E-state index is -3.72. The molecule has 0 amide bonds. The quantitative estimate of drug-likeness (QED) is 0.564. The summed E-state index contributed by atoms with van der Waals surface area (Å²) in [6, 6.07) is 7.21. The molecule has 0 radical (unpaired) electrons. The molecule has 1 heterocycles. The molecule has 0 saturated carbocycles. The molecule has 0 fully saturated rings. The highest BCUT2D eigenvalue weighted by Gasteiger charge is 2.19. The van der Waals surface area contributed by atoms with Crippen molar-refractivity contribution in [2.24, 2.45) is 0 Å². The van der Waals surface area contributed by atoms with Crippen molar-refractivity contribution >= 4 is 27.4 Å². The van der Waals surface area contributed by atoms with Crippen LogP contribution in [0.25, 0.3) is 0 Å². The van der Waals surface area contributed by atoms with Crippen LogP contribution in [0.3, 0.4) is 0 Å². The molecule has 0 unspecified atom stereocenters. The number of aryl methyl sites for hydroxylation is 3. The molecule has 124 valence electrons. The van der Waals surface area contributed by atoms with Crippen LogP contribution in [0.4, 0.5) is 0 Å². The standard InChI is InChI=1S/C15H19N3O3S2/c1-10-7-11(2)14(12(3)8-10)23(19,20)18-17-15(22)16-9-13-5-4-6-21-13/h4-8,18H,9H2,1-3H3,(H2,16,17,22). The van der Waals surface area contributed by atoms with Gasteiger partial charge < -0.3 is 9.73 Å². The highest BCUT2D eigenvalue weighted by atomic mass is 32.2. The summed E-state index contributed by atoms with van der Waals surface area (Å²) in [6.07, 6.45) is 1.55. The van der Waals surface area contributed by atoms with E-state index in [0.29, 0.717) is 23.4 Å². The van der Waals surface area contributed by atoms with E-state index in [-0.39, 0.29) is 10.0 Å². The van der Waals surface area contributed by atoms with Crippen molar-refractivity contribution in [3.8, 4) is 0 Å². The number of sulfonamides is 1. The molecule has 2 aromatic rings. The van der Waals surface area contributed by atoms with E-state index in [2.05, 4.69) is 15.6 Å². The molecule has 0 atom stereocenters. The first-order chi connectivity index (χ1) is 10.8. The number of thiocarbonyl (C=S) groups is 1. The summed E-state index contributed by atoms with van der Waals surface area (Å²) < 4.78 is 30.0. The van der Waals surface area contributed by atoms with E-state index in [1.54, 1.807) is 32.2 Å². The maximum Gasteiger partial charge on any atom is 0.257 e. The van der Waals surface area contributed by atoms with Crippen molar-refractivity contribution in [2.75, 3.05) is 0 Å². The Bertz CT molecular complexity index is 776. The minimum Gasteiger partial charge on any atom is -0.467 e. The zero-order chi connectivity index (χ0) is 17.0. The molecule has 0 aliphatic heterocycles. The third kappa shape index (κ3) is 4.54. The lowest BCUT2D eigenvalue weighted by atomic mass is 10.1. The fourth-order valence-corrected chi connectivity index (χ4v) is 3.87. The third-order valence-electron chi connectivity index (χ3n) is 3.18. The summed E-state index contributed by atoms with van der Waals surface area (Å²) in [5, 5.41) is 3.01. The predicted molar refractivity (Wildman–Crippen MR) is 92.3 cm³/mol. The second-order valence-electron chi connectivity index (χ2n) is 5.22.